The fourth-order valence-electron chi connectivity index (χ4n) is 3.69. The number of rotatable bonds is 5. The number of carbonyl (C=O) groups excluding carboxylic acids is 2. The van der Waals surface area contributed by atoms with E-state index in [9.17, 15) is 9.59 Å². The number of piperidine rings is 1. The number of amides is 2. The Kier molecular flexibility index (Phi) is 5.60. The molecule has 2 aliphatic heterocycles. The summed E-state index contributed by atoms with van der Waals surface area (Å²) in [4.78, 5) is 31.5. The van der Waals surface area contributed by atoms with Crippen molar-refractivity contribution in [3.63, 3.8) is 0 Å². The predicted octanol–water partition coefficient (Wildman–Crippen LogP) is 5.16. The molecule has 2 aromatic rings. The van der Waals surface area contributed by atoms with Crippen LogP contribution in [0.15, 0.2) is 46.7 Å². The van der Waals surface area contributed by atoms with Crippen molar-refractivity contribution in [1.29, 1.82) is 0 Å². The highest BCUT2D eigenvalue weighted by molar-refractivity contribution is 8.04. The lowest BCUT2D eigenvalue weighted by atomic mass is 10.1. The Morgan fingerprint density at radius 1 is 0.929 bits per heavy atom. The highest BCUT2D eigenvalue weighted by Crippen LogP contribution is 2.41. The second-order valence-corrected chi connectivity index (χ2v) is 9.89. The number of thiophene rings is 1. The van der Waals surface area contributed by atoms with Crippen molar-refractivity contribution in [3.8, 4) is 0 Å². The van der Waals surface area contributed by atoms with Crippen LogP contribution in [0, 0.1) is 0 Å². The van der Waals surface area contributed by atoms with E-state index in [1.165, 1.54) is 47.3 Å². The standard InChI is InChI=1S/C22H24N2O2S2/c1-15(2)28-20-19(18-7-6-14-27-18)21(25)24(22(20)26)17-10-8-16(9-11-17)23-12-4-3-5-13-23/h6-11,14-15H,3-5,12-13H2,1-2H3. The van der Waals surface area contributed by atoms with Crippen LogP contribution >= 0.6 is 23.1 Å². The minimum Gasteiger partial charge on any atom is -0.372 e. The summed E-state index contributed by atoms with van der Waals surface area (Å²) in [6, 6.07) is 11.7. The molecule has 0 unspecified atom stereocenters. The summed E-state index contributed by atoms with van der Waals surface area (Å²) in [5.41, 5.74) is 2.34. The molecule has 0 radical (unpaired) electrons. The van der Waals surface area contributed by atoms with Crippen molar-refractivity contribution >= 4 is 51.9 Å². The maximum atomic E-state index is 13.2. The third-order valence-electron chi connectivity index (χ3n) is 4.99. The van der Waals surface area contributed by atoms with Crippen molar-refractivity contribution in [2.45, 2.75) is 38.4 Å². The largest absolute Gasteiger partial charge is 0.372 e. The second-order valence-electron chi connectivity index (χ2n) is 7.36. The Morgan fingerprint density at radius 2 is 1.61 bits per heavy atom. The van der Waals surface area contributed by atoms with Gasteiger partial charge < -0.3 is 4.90 Å². The molecule has 2 aliphatic rings. The summed E-state index contributed by atoms with van der Waals surface area (Å²) in [7, 11) is 0. The topological polar surface area (TPSA) is 40.6 Å². The molecule has 0 bridgehead atoms. The molecule has 146 valence electrons. The Hall–Kier alpha value is -2.05. The number of imide groups is 1. The molecule has 1 aromatic heterocycles. The Labute approximate surface area is 174 Å². The third-order valence-corrected chi connectivity index (χ3v) is 6.96. The molecule has 4 rings (SSSR count). The van der Waals surface area contributed by atoms with Crippen LogP contribution in [0.4, 0.5) is 11.4 Å². The Bertz CT molecular complexity index is 895. The van der Waals surface area contributed by atoms with Gasteiger partial charge >= 0.3 is 0 Å². The molecule has 1 aromatic carbocycles. The van der Waals surface area contributed by atoms with Crippen molar-refractivity contribution < 1.29 is 9.59 Å². The predicted molar refractivity (Wildman–Crippen MR) is 119 cm³/mol. The van der Waals surface area contributed by atoms with Crippen molar-refractivity contribution in [3.05, 3.63) is 51.6 Å². The van der Waals surface area contributed by atoms with Crippen LogP contribution in [0.25, 0.3) is 5.57 Å². The molecule has 2 amide bonds. The lowest BCUT2D eigenvalue weighted by Gasteiger charge is -2.29. The SMILES string of the molecule is CC(C)SC1=C(c2cccs2)C(=O)N(c2ccc(N3CCCCC3)cc2)C1=O. The first-order chi connectivity index (χ1) is 13.6. The van der Waals surface area contributed by atoms with E-state index in [0.717, 1.165) is 23.7 Å². The smallest absolute Gasteiger partial charge is 0.272 e. The number of nitrogens with zero attached hydrogens (tertiary/aromatic N) is 2. The van der Waals surface area contributed by atoms with E-state index in [2.05, 4.69) is 4.90 Å². The van der Waals surface area contributed by atoms with Crippen LogP contribution in [0.2, 0.25) is 0 Å². The van der Waals surface area contributed by atoms with Gasteiger partial charge in [0, 0.05) is 28.9 Å². The molecule has 1 saturated heterocycles. The summed E-state index contributed by atoms with van der Waals surface area (Å²) in [6.45, 7) is 6.22. The van der Waals surface area contributed by atoms with E-state index >= 15 is 0 Å². The number of hydrogen-bond donors (Lipinski definition) is 0. The van der Waals surface area contributed by atoms with E-state index < -0.39 is 0 Å². The molecule has 1 fully saturated rings. The first-order valence-corrected chi connectivity index (χ1v) is 11.5. The minimum absolute atomic E-state index is 0.210. The average molecular weight is 413 g/mol. The van der Waals surface area contributed by atoms with Gasteiger partial charge in [-0.05, 0) is 55.0 Å². The van der Waals surface area contributed by atoms with Gasteiger partial charge in [-0.1, -0.05) is 19.9 Å². The fourth-order valence-corrected chi connectivity index (χ4v) is 5.50. The van der Waals surface area contributed by atoms with Gasteiger partial charge in [0.15, 0.2) is 0 Å². The number of benzene rings is 1. The van der Waals surface area contributed by atoms with Gasteiger partial charge in [-0.2, -0.15) is 0 Å². The molecular weight excluding hydrogens is 388 g/mol. The first-order valence-electron chi connectivity index (χ1n) is 9.75. The molecule has 0 aliphatic carbocycles. The van der Waals surface area contributed by atoms with Gasteiger partial charge in [0.25, 0.3) is 11.8 Å². The molecule has 28 heavy (non-hydrogen) atoms. The monoisotopic (exact) mass is 412 g/mol. The zero-order valence-corrected chi connectivity index (χ0v) is 17.8. The van der Waals surface area contributed by atoms with Crippen molar-refractivity contribution in [1.82, 2.24) is 0 Å². The zero-order valence-electron chi connectivity index (χ0n) is 16.2. The van der Waals surface area contributed by atoms with Crippen LogP contribution in [-0.4, -0.2) is 30.2 Å². The molecule has 0 spiro atoms. The van der Waals surface area contributed by atoms with E-state index in [1.54, 1.807) is 0 Å². The summed E-state index contributed by atoms with van der Waals surface area (Å²) >= 11 is 2.97. The Balaban J connectivity index is 1.64. The molecule has 4 nitrogen and oxygen atoms in total. The fraction of sp³-hybridized carbons (Fsp3) is 0.364. The number of hydrogen-bond acceptors (Lipinski definition) is 5. The number of carbonyl (C=O) groups is 2. The molecule has 0 saturated carbocycles. The van der Waals surface area contributed by atoms with Gasteiger partial charge in [-0.15, -0.1) is 23.1 Å². The van der Waals surface area contributed by atoms with Crippen molar-refractivity contribution in [2.75, 3.05) is 22.9 Å². The molecule has 0 N–H and O–H groups in total. The van der Waals surface area contributed by atoms with E-state index in [0.29, 0.717) is 16.2 Å². The quantitative estimate of drug-likeness (QED) is 0.636. The summed E-state index contributed by atoms with van der Waals surface area (Å²) in [5.74, 6) is -0.431. The van der Waals surface area contributed by atoms with Crippen LogP contribution in [0.1, 0.15) is 38.0 Å². The van der Waals surface area contributed by atoms with Crippen LogP contribution in [0.3, 0.4) is 0 Å². The molecule has 0 atom stereocenters. The minimum atomic E-state index is -0.221. The molecule has 3 heterocycles. The van der Waals surface area contributed by atoms with Gasteiger partial charge in [0.2, 0.25) is 0 Å². The molecule has 6 heteroatoms. The van der Waals surface area contributed by atoms with Gasteiger partial charge in [0.05, 0.1) is 16.2 Å². The Morgan fingerprint density at radius 3 is 2.21 bits per heavy atom. The second kappa shape index (κ2) is 8.13. The first kappa shape index (κ1) is 19.3. The van der Waals surface area contributed by atoms with Gasteiger partial charge in [-0.3, -0.25) is 9.59 Å². The van der Waals surface area contributed by atoms with E-state index in [-0.39, 0.29) is 17.1 Å². The van der Waals surface area contributed by atoms with Crippen LogP contribution in [0.5, 0.6) is 0 Å². The van der Waals surface area contributed by atoms with Crippen LogP contribution in [-0.2, 0) is 9.59 Å². The third kappa shape index (κ3) is 3.63. The van der Waals surface area contributed by atoms with Gasteiger partial charge in [-0.25, -0.2) is 4.90 Å². The summed E-state index contributed by atoms with van der Waals surface area (Å²) in [5, 5.41) is 2.16. The normalized spacial score (nSPS) is 18.0. The van der Waals surface area contributed by atoms with E-state index in [4.69, 9.17) is 0 Å². The average Bonchev–Trinajstić information content (AvgIpc) is 3.30. The highest BCUT2D eigenvalue weighted by atomic mass is 32.2. The summed E-state index contributed by atoms with van der Waals surface area (Å²) in [6.07, 6.45) is 3.72. The maximum absolute atomic E-state index is 13.2. The lowest BCUT2D eigenvalue weighted by molar-refractivity contribution is -0.119. The van der Waals surface area contributed by atoms with Gasteiger partial charge in [0.1, 0.15) is 0 Å². The van der Waals surface area contributed by atoms with Crippen LogP contribution < -0.4 is 9.80 Å². The number of anilines is 2. The summed E-state index contributed by atoms with van der Waals surface area (Å²) < 4.78 is 0. The van der Waals surface area contributed by atoms with Crippen molar-refractivity contribution in [2.24, 2.45) is 0 Å². The zero-order chi connectivity index (χ0) is 19.7. The molecular formula is C22H24N2O2S2. The number of thioether (sulfide) groups is 1. The highest BCUT2D eigenvalue weighted by Gasteiger charge is 2.40. The maximum Gasteiger partial charge on any atom is 0.272 e. The lowest BCUT2D eigenvalue weighted by Crippen LogP contribution is -2.32. The van der Waals surface area contributed by atoms with E-state index in [1.807, 2.05) is 55.6 Å².